The standard InChI is InChI=1S/C28H46N2O5/c1-16(25(32)35-26(2,3)4)29-19-10-11-28(33-5)21-14-18-8-9-20(31)23-22(18)27(28,24(19)34-23)12-13-30(21)15-17-6-7-17/h16-24,29,31H,6-15H2,1-5H3/t16-,18?,19?,20?,21?,22?,23?,24-,27-,28+/m0/s1. The van der Waals surface area contributed by atoms with E-state index in [2.05, 4.69) is 10.2 Å². The van der Waals surface area contributed by atoms with Crippen LogP contribution in [0, 0.1) is 23.2 Å². The van der Waals surface area contributed by atoms with Crippen molar-refractivity contribution >= 4 is 5.97 Å². The number of rotatable bonds is 6. The van der Waals surface area contributed by atoms with Gasteiger partial charge in [-0.2, -0.15) is 0 Å². The highest BCUT2D eigenvalue weighted by molar-refractivity contribution is 5.75. The van der Waals surface area contributed by atoms with Gasteiger partial charge in [0.2, 0.25) is 0 Å². The number of carbonyl (C=O) groups is 1. The van der Waals surface area contributed by atoms with Gasteiger partial charge in [-0.25, -0.2) is 0 Å². The number of hydrogen-bond donors (Lipinski definition) is 2. The number of nitrogens with zero attached hydrogens (tertiary/aromatic N) is 1. The van der Waals surface area contributed by atoms with Gasteiger partial charge in [-0.05, 0) is 97.4 Å². The molecule has 6 aliphatic rings. The van der Waals surface area contributed by atoms with Crippen LogP contribution in [-0.4, -0.2) is 83.8 Å². The first kappa shape index (κ1) is 24.6. The van der Waals surface area contributed by atoms with Crippen LogP contribution in [0.4, 0.5) is 0 Å². The van der Waals surface area contributed by atoms with E-state index in [9.17, 15) is 9.90 Å². The Hall–Kier alpha value is -0.730. The van der Waals surface area contributed by atoms with Gasteiger partial charge in [0, 0.05) is 37.1 Å². The Kier molecular flexibility index (Phi) is 5.89. The normalized spacial score (nSPS) is 47.8. The summed E-state index contributed by atoms with van der Waals surface area (Å²) in [5, 5.41) is 14.7. The average molecular weight is 491 g/mol. The quantitative estimate of drug-likeness (QED) is 0.554. The summed E-state index contributed by atoms with van der Waals surface area (Å²) in [7, 11) is 1.93. The summed E-state index contributed by atoms with van der Waals surface area (Å²) in [6, 6.07) is 0.0624. The smallest absolute Gasteiger partial charge is 0.323 e. The summed E-state index contributed by atoms with van der Waals surface area (Å²) in [6.45, 7) is 9.94. The van der Waals surface area contributed by atoms with Crippen molar-refractivity contribution in [2.24, 2.45) is 23.2 Å². The Labute approximate surface area is 210 Å². The summed E-state index contributed by atoms with van der Waals surface area (Å²) in [5.74, 6) is 1.55. The summed E-state index contributed by atoms with van der Waals surface area (Å²) in [6.07, 6.45) is 8.16. The Morgan fingerprint density at radius 2 is 1.97 bits per heavy atom. The van der Waals surface area contributed by atoms with Crippen LogP contribution in [0.25, 0.3) is 0 Å². The van der Waals surface area contributed by atoms with Crippen LogP contribution in [0.3, 0.4) is 0 Å². The summed E-state index contributed by atoms with van der Waals surface area (Å²) in [5.41, 5.74) is -0.874. The molecule has 2 bridgehead atoms. The van der Waals surface area contributed by atoms with E-state index in [1.165, 1.54) is 25.8 Å². The van der Waals surface area contributed by atoms with Crippen molar-refractivity contribution in [3.05, 3.63) is 0 Å². The van der Waals surface area contributed by atoms with Crippen LogP contribution in [0.5, 0.6) is 0 Å². The largest absolute Gasteiger partial charge is 0.459 e. The Bertz CT molecular complexity index is 842. The van der Waals surface area contributed by atoms with E-state index >= 15 is 0 Å². The highest BCUT2D eigenvalue weighted by Gasteiger charge is 2.78. The number of nitrogens with one attached hydrogen (secondary N) is 1. The molecular weight excluding hydrogens is 444 g/mol. The maximum atomic E-state index is 12.8. The summed E-state index contributed by atoms with van der Waals surface area (Å²) in [4.78, 5) is 15.6. The number of aliphatic hydroxyl groups excluding tert-OH is 1. The molecule has 4 aliphatic carbocycles. The lowest BCUT2D eigenvalue weighted by Gasteiger charge is -2.70. The average Bonchev–Trinajstić information content (AvgIpc) is 3.54. The van der Waals surface area contributed by atoms with Crippen LogP contribution in [-0.2, 0) is 19.0 Å². The number of likely N-dealkylation sites (tertiary alicyclic amines) is 1. The van der Waals surface area contributed by atoms with Gasteiger partial charge in [-0.1, -0.05) is 0 Å². The molecule has 7 heteroatoms. The second kappa shape index (κ2) is 8.39. The third-order valence-corrected chi connectivity index (χ3v) is 10.6. The zero-order valence-electron chi connectivity index (χ0n) is 22.3. The minimum atomic E-state index is -0.509. The highest BCUT2D eigenvalue weighted by atomic mass is 16.6. The van der Waals surface area contributed by atoms with E-state index in [-0.39, 0.29) is 35.2 Å². The molecule has 0 amide bonds. The molecule has 2 aliphatic heterocycles. The van der Waals surface area contributed by atoms with Crippen molar-refractivity contribution in [2.45, 2.75) is 127 Å². The molecule has 198 valence electrons. The SMILES string of the molecule is CO[C@]12CCC(N[C@@H](C)C(=O)OC(C)(C)C)[C@@H]3OC4C(O)CCC5CC1N(CC1CC1)CC[C@]32C54. The fraction of sp³-hybridized carbons (Fsp3) is 0.964. The van der Waals surface area contributed by atoms with E-state index in [0.29, 0.717) is 17.9 Å². The van der Waals surface area contributed by atoms with Crippen molar-refractivity contribution in [2.75, 3.05) is 20.2 Å². The van der Waals surface area contributed by atoms with Gasteiger partial charge in [0.05, 0.1) is 23.9 Å². The molecule has 2 N–H and O–H groups in total. The second-order valence-corrected chi connectivity index (χ2v) is 13.6. The van der Waals surface area contributed by atoms with Gasteiger partial charge in [-0.15, -0.1) is 0 Å². The fourth-order valence-electron chi connectivity index (χ4n) is 9.23. The number of aliphatic hydroxyl groups is 1. The molecular formula is C28H46N2O5. The second-order valence-electron chi connectivity index (χ2n) is 13.6. The molecule has 35 heavy (non-hydrogen) atoms. The van der Waals surface area contributed by atoms with Gasteiger partial charge < -0.3 is 19.3 Å². The van der Waals surface area contributed by atoms with Crippen molar-refractivity contribution < 1.29 is 24.1 Å². The number of esters is 1. The van der Waals surface area contributed by atoms with E-state index in [1.54, 1.807) is 0 Å². The molecule has 7 nitrogen and oxygen atoms in total. The fourth-order valence-corrected chi connectivity index (χ4v) is 9.23. The van der Waals surface area contributed by atoms with Crippen LogP contribution in [0.2, 0.25) is 0 Å². The van der Waals surface area contributed by atoms with Crippen LogP contribution < -0.4 is 5.32 Å². The van der Waals surface area contributed by atoms with Crippen LogP contribution in [0.15, 0.2) is 0 Å². The minimum Gasteiger partial charge on any atom is -0.459 e. The third-order valence-electron chi connectivity index (χ3n) is 10.6. The Morgan fingerprint density at radius 1 is 1.20 bits per heavy atom. The Balaban J connectivity index is 1.34. The van der Waals surface area contributed by atoms with E-state index in [4.69, 9.17) is 14.2 Å². The van der Waals surface area contributed by atoms with Gasteiger partial charge in [-0.3, -0.25) is 15.0 Å². The highest BCUT2D eigenvalue weighted by Crippen LogP contribution is 2.70. The van der Waals surface area contributed by atoms with Crippen molar-refractivity contribution in [3.63, 3.8) is 0 Å². The molecule has 1 spiro atoms. The lowest BCUT2D eigenvalue weighted by Crippen LogP contribution is -2.79. The molecule has 6 rings (SSSR count). The van der Waals surface area contributed by atoms with E-state index < -0.39 is 17.7 Å². The molecule has 6 fully saturated rings. The molecule has 6 unspecified atom stereocenters. The summed E-state index contributed by atoms with van der Waals surface area (Å²) < 4.78 is 19.3. The Morgan fingerprint density at radius 3 is 2.66 bits per heavy atom. The first-order valence-electron chi connectivity index (χ1n) is 14.2. The molecule has 0 aromatic heterocycles. The van der Waals surface area contributed by atoms with E-state index in [0.717, 1.165) is 44.6 Å². The third kappa shape index (κ3) is 3.66. The van der Waals surface area contributed by atoms with Crippen molar-refractivity contribution in [1.29, 1.82) is 0 Å². The van der Waals surface area contributed by atoms with Crippen LogP contribution in [0.1, 0.15) is 79.1 Å². The predicted octanol–water partition coefficient (Wildman–Crippen LogP) is 2.88. The number of methoxy groups -OCH3 is 1. The lowest BCUT2D eigenvalue weighted by molar-refractivity contribution is -0.272. The summed E-state index contributed by atoms with van der Waals surface area (Å²) >= 11 is 0. The monoisotopic (exact) mass is 490 g/mol. The first-order chi connectivity index (χ1) is 16.6. The van der Waals surface area contributed by atoms with Gasteiger partial charge in [0.1, 0.15) is 11.6 Å². The van der Waals surface area contributed by atoms with Gasteiger partial charge in [0.25, 0.3) is 0 Å². The molecule has 4 saturated carbocycles. The molecule has 10 atom stereocenters. The van der Waals surface area contributed by atoms with Crippen LogP contribution >= 0.6 is 0 Å². The number of ether oxygens (including phenoxy) is 3. The number of carbonyl (C=O) groups excluding carboxylic acids is 1. The van der Waals surface area contributed by atoms with E-state index in [1.807, 2.05) is 34.8 Å². The first-order valence-corrected chi connectivity index (χ1v) is 14.2. The minimum absolute atomic E-state index is 0.0491. The predicted molar refractivity (Wildman–Crippen MR) is 132 cm³/mol. The lowest BCUT2D eigenvalue weighted by atomic mass is 9.42. The zero-order chi connectivity index (χ0) is 24.8. The van der Waals surface area contributed by atoms with Gasteiger partial charge >= 0.3 is 5.97 Å². The molecule has 2 saturated heterocycles. The van der Waals surface area contributed by atoms with Crippen molar-refractivity contribution in [3.8, 4) is 0 Å². The maximum absolute atomic E-state index is 12.8. The van der Waals surface area contributed by atoms with Crippen molar-refractivity contribution in [1.82, 2.24) is 10.2 Å². The topological polar surface area (TPSA) is 80.3 Å². The number of piperidine rings is 1. The molecule has 0 aromatic rings. The molecule has 2 heterocycles. The molecule has 0 aromatic carbocycles. The maximum Gasteiger partial charge on any atom is 0.323 e. The molecule has 0 radical (unpaired) electrons. The van der Waals surface area contributed by atoms with Gasteiger partial charge in [0.15, 0.2) is 0 Å². The zero-order valence-corrected chi connectivity index (χ0v) is 22.3. The number of hydrogen-bond acceptors (Lipinski definition) is 7.